The maximum absolute atomic E-state index is 11.8. The van der Waals surface area contributed by atoms with E-state index in [0.29, 0.717) is 17.9 Å². The van der Waals surface area contributed by atoms with Gasteiger partial charge in [-0.1, -0.05) is 30.3 Å². The zero-order valence-corrected chi connectivity index (χ0v) is 16.3. The Labute approximate surface area is 154 Å². The van der Waals surface area contributed by atoms with E-state index in [0.717, 1.165) is 18.9 Å². The van der Waals surface area contributed by atoms with Gasteiger partial charge in [0.05, 0.1) is 18.1 Å². The largest absolute Gasteiger partial charge is 0.313 e. The molecule has 2 heterocycles. The molecule has 1 aliphatic heterocycles. The van der Waals surface area contributed by atoms with Crippen molar-refractivity contribution < 1.29 is 13.3 Å². The van der Waals surface area contributed by atoms with Crippen molar-refractivity contribution in [3.8, 4) is 0 Å². The number of aromatic nitrogens is 3. The van der Waals surface area contributed by atoms with Gasteiger partial charge in [0, 0.05) is 18.5 Å². The Kier molecular flexibility index (Phi) is 5.41. The van der Waals surface area contributed by atoms with Crippen molar-refractivity contribution >= 4 is 22.1 Å². The van der Waals surface area contributed by atoms with Crippen LogP contribution in [0.25, 0.3) is 0 Å². The second-order valence-corrected chi connectivity index (χ2v) is 9.32. The molecule has 1 aromatic carbocycles. The highest BCUT2D eigenvalue weighted by atomic mass is 32.2. The van der Waals surface area contributed by atoms with E-state index in [1.165, 1.54) is 10.5 Å². The van der Waals surface area contributed by atoms with Crippen molar-refractivity contribution in [3.05, 3.63) is 46.5 Å². The maximum atomic E-state index is 11.8. The second kappa shape index (κ2) is 7.39. The Hall–Kier alpha value is -1.51. The van der Waals surface area contributed by atoms with Crippen LogP contribution in [-0.4, -0.2) is 40.8 Å². The number of sulfone groups is 1. The maximum Gasteiger partial charge on any atom is 0.202 e. The zero-order chi connectivity index (χ0) is 18.0. The van der Waals surface area contributed by atoms with Gasteiger partial charge in [-0.05, 0) is 25.6 Å². The SMILES string of the molecule is CC[NH+](Cc1ccccc1)Cn1nc([C@@H]2CCS(=O)(=O)C2)n(C)c1=S. The van der Waals surface area contributed by atoms with Crippen LogP contribution in [0.1, 0.15) is 30.7 Å². The van der Waals surface area contributed by atoms with Crippen LogP contribution in [0.5, 0.6) is 0 Å². The Balaban J connectivity index is 1.78. The first-order valence-corrected chi connectivity index (χ1v) is 10.8. The summed E-state index contributed by atoms with van der Waals surface area (Å²) in [6, 6.07) is 10.4. The van der Waals surface area contributed by atoms with Gasteiger partial charge in [-0.25, -0.2) is 8.42 Å². The normalized spacial score (nSPS) is 20.6. The van der Waals surface area contributed by atoms with Crippen molar-refractivity contribution in [2.45, 2.75) is 32.5 Å². The summed E-state index contributed by atoms with van der Waals surface area (Å²) < 4.78 is 27.9. The van der Waals surface area contributed by atoms with E-state index in [9.17, 15) is 8.42 Å². The topological polar surface area (TPSA) is 61.3 Å². The molecular formula is C17H25N4O2S2+. The third-order valence-electron chi connectivity index (χ3n) is 4.84. The molecule has 1 saturated heterocycles. The predicted molar refractivity (Wildman–Crippen MR) is 99.7 cm³/mol. The third-order valence-corrected chi connectivity index (χ3v) is 7.10. The molecule has 136 valence electrons. The Bertz CT molecular complexity index is 887. The fourth-order valence-electron chi connectivity index (χ4n) is 3.35. The van der Waals surface area contributed by atoms with Crippen LogP contribution in [-0.2, 0) is 30.1 Å². The molecule has 25 heavy (non-hydrogen) atoms. The quantitative estimate of drug-likeness (QED) is 0.756. The van der Waals surface area contributed by atoms with Crippen LogP contribution in [0.3, 0.4) is 0 Å². The zero-order valence-electron chi connectivity index (χ0n) is 14.7. The second-order valence-electron chi connectivity index (χ2n) is 6.72. The van der Waals surface area contributed by atoms with Crippen LogP contribution in [0, 0.1) is 4.77 Å². The van der Waals surface area contributed by atoms with E-state index in [-0.39, 0.29) is 17.4 Å². The molecule has 3 rings (SSSR count). The first kappa shape index (κ1) is 18.3. The predicted octanol–water partition coefficient (Wildman–Crippen LogP) is 0.916. The number of nitrogens with one attached hydrogen (secondary N) is 1. The average molecular weight is 382 g/mol. The van der Waals surface area contributed by atoms with E-state index < -0.39 is 9.84 Å². The highest BCUT2D eigenvalue weighted by molar-refractivity contribution is 7.91. The first-order valence-electron chi connectivity index (χ1n) is 8.61. The summed E-state index contributed by atoms with van der Waals surface area (Å²) in [6.07, 6.45) is 0.635. The monoisotopic (exact) mass is 381 g/mol. The standard InChI is InChI=1S/C17H24N4O2S2/c1-3-20(11-14-7-5-4-6-8-14)13-21-17(24)19(2)16(18-21)15-9-10-25(22,23)12-15/h4-8,15H,3,9-13H2,1-2H3/p+1/t15-/m1/s1. The van der Waals surface area contributed by atoms with Gasteiger partial charge in [-0.2, -0.15) is 9.78 Å². The molecule has 1 unspecified atom stereocenters. The molecule has 1 aromatic heterocycles. The summed E-state index contributed by atoms with van der Waals surface area (Å²) >= 11 is 5.54. The molecule has 0 saturated carbocycles. The first-order chi connectivity index (χ1) is 11.9. The number of quaternary nitrogens is 1. The molecule has 0 spiro atoms. The molecule has 0 aliphatic carbocycles. The van der Waals surface area contributed by atoms with Gasteiger partial charge >= 0.3 is 0 Å². The van der Waals surface area contributed by atoms with Gasteiger partial charge in [0.15, 0.2) is 16.5 Å². The molecule has 6 nitrogen and oxygen atoms in total. The van der Waals surface area contributed by atoms with Crippen molar-refractivity contribution in [1.29, 1.82) is 0 Å². The molecule has 0 radical (unpaired) electrons. The van der Waals surface area contributed by atoms with Crippen molar-refractivity contribution in [2.24, 2.45) is 7.05 Å². The summed E-state index contributed by atoms with van der Waals surface area (Å²) in [5.74, 6) is 1.18. The summed E-state index contributed by atoms with van der Waals surface area (Å²) in [5.41, 5.74) is 1.28. The van der Waals surface area contributed by atoms with Gasteiger partial charge < -0.3 is 9.47 Å². The van der Waals surface area contributed by atoms with Crippen LogP contribution in [0.2, 0.25) is 0 Å². The lowest BCUT2D eigenvalue weighted by molar-refractivity contribution is -0.935. The van der Waals surface area contributed by atoms with Gasteiger partial charge in [-0.3, -0.25) is 0 Å². The number of hydrogen-bond donors (Lipinski definition) is 1. The highest BCUT2D eigenvalue weighted by Crippen LogP contribution is 2.27. The lowest BCUT2D eigenvalue weighted by atomic mass is 10.1. The van der Waals surface area contributed by atoms with Gasteiger partial charge in [0.25, 0.3) is 0 Å². The molecule has 0 bridgehead atoms. The Morgan fingerprint density at radius 2 is 2.04 bits per heavy atom. The van der Waals surface area contributed by atoms with Crippen molar-refractivity contribution in [3.63, 3.8) is 0 Å². The molecule has 8 heteroatoms. The highest BCUT2D eigenvalue weighted by Gasteiger charge is 2.32. The van der Waals surface area contributed by atoms with Crippen LogP contribution < -0.4 is 4.90 Å². The lowest BCUT2D eigenvalue weighted by Gasteiger charge is -2.17. The molecule has 1 N–H and O–H groups in total. The van der Waals surface area contributed by atoms with Crippen LogP contribution in [0.15, 0.2) is 30.3 Å². The molecule has 2 aromatic rings. The number of rotatable bonds is 6. The van der Waals surface area contributed by atoms with Gasteiger partial charge in [0.2, 0.25) is 4.77 Å². The fraction of sp³-hybridized carbons (Fsp3) is 0.529. The minimum absolute atomic E-state index is 0.0443. The Morgan fingerprint density at radius 3 is 2.64 bits per heavy atom. The van der Waals surface area contributed by atoms with E-state index in [2.05, 4.69) is 24.2 Å². The van der Waals surface area contributed by atoms with E-state index in [1.807, 2.05) is 34.5 Å². The lowest BCUT2D eigenvalue weighted by Crippen LogP contribution is -3.09. The van der Waals surface area contributed by atoms with Crippen LogP contribution >= 0.6 is 12.2 Å². The fourth-order valence-corrected chi connectivity index (χ4v) is 5.29. The van der Waals surface area contributed by atoms with E-state index >= 15 is 0 Å². The summed E-state index contributed by atoms with van der Waals surface area (Å²) in [4.78, 5) is 1.35. The third kappa shape index (κ3) is 4.19. The molecular weight excluding hydrogens is 356 g/mol. The summed E-state index contributed by atoms with van der Waals surface area (Å²) in [5, 5.41) is 4.68. The molecule has 1 aliphatic rings. The smallest absolute Gasteiger partial charge is 0.202 e. The number of hydrogen-bond acceptors (Lipinski definition) is 4. The van der Waals surface area contributed by atoms with E-state index in [4.69, 9.17) is 12.2 Å². The van der Waals surface area contributed by atoms with Gasteiger partial charge in [-0.15, -0.1) is 0 Å². The van der Waals surface area contributed by atoms with Gasteiger partial charge in [0.1, 0.15) is 12.4 Å². The number of nitrogens with zero attached hydrogens (tertiary/aromatic N) is 3. The molecule has 1 fully saturated rings. The van der Waals surface area contributed by atoms with Crippen molar-refractivity contribution in [1.82, 2.24) is 14.3 Å². The van der Waals surface area contributed by atoms with E-state index in [1.54, 1.807) is 0 Å². The average Bonchev–Trinajstić information content (AvgIpc) is 3.09. The Morgan fingerprint density at radius 1 is 1.32 bits per heavy atom. The molecule has 0 amide bonds. The summed E-state index contributed by atoms with van der Waals surface area (Å²) in [7, 11) is -1.05. The minimum atomic E-state index is -2.93. The molecule has 2 atom stereocenters. The number of benzene rings is 1. The minimum Gasteiger partial charge on any atom is -0.313 e. The van der Waals surface area contributed by atoms with Crippen molar-refractivity contribution in [2.75, 3.05) is 18.1 Å². The van der Waals surface area contributed by atoms with Crippen LogP contribution in [0.4, 0.5) is 0 Å². The summed E-state index contributed by atoms with van der Waals surface area (Å²) in [6.45, 7) is 4.69.